The molecule has 0 amide bonds. The van der Waals surface area contributed by atoms with Gasteiger partial charge in [-0.1, -0.05) is 0 Å². The van der Waals surface area contributed by atoms with Gasteiger partial charge in [0.1, 0.15) is 5.75 Å². The van der Waals surface area contributed by atoms with Crippen LogP contribution in [-0.4, -0.2) is 7.11 Å². The molecule has 0 aromatic heterocycles. The molecule has 102 valence electrons. The van der Waals surface area contributed by atoms with Crippen molar-refractivity contribution in [3.8, 4) is 11.8 Å². The summed E-state index contributed by atoms with van der Waals surface area (Å²) in [7, 11) is 1.63. The maximum Gasteiger partial charge on any atom is 0.142 e. The third kappa shape index (κ3) is 2.67. The van der Waals surface area contributed by atoms with Gasteiger partial charge in [0.2, 0.25) is 0 Å². The third-order valence-electron chi connectivity index (χ3n) is 3.27. The number of nitrogens with two attached hydrogens (primary N) is 1. The summed E-state index contributed by atoms with van der Waals surface area (Å²) in [5.41, 5.74) is 10.9. The number of hydrogen-bond acceptors (Lipinski definition) is 4. The van der Waals surface area contributed by atoms with Crippen molar-refractivity contribution in [2.45, 2.75) is 13.8 Å². The lowest BCUT2D eigenvalue weighted by atomic mass is 10.1. The van der Waals surface area contributed by atoms with E-state index in [1.165, 1.54) is 0 Å². The standard InChI is InChI=1S/C16H17N3O/c1-10-6-15(16(20-3)7-11(10)2)19-14-8-12(9-17)4-5-13(14)18/h4-8,19H,18H2,1-3H3. The van der Waals surface area contributed by atoms with Gasteiger partial charge in [-0.3, -0.25) is 0 Å². The van der Waals surface area contributed by atoms with Gasteiger partial charge in [-0.25, -0.2) is 0 Å². The predicted octanol–water partition coefficient (Wildman–Crippen LogP) is 3.51. The van der Waals surface area contributed by atoms with Crippen LogP contribution in [0.3, 0.4) is 0 Å². The molecule has 0 radical (unpaired) electrons. The van der Waals surface area contributed by atoms with Gasteiger partial charge in [-0.15, -0.1) is 0 Å². The number of nitrogens with one attached hydrogen (secondary N) is 1. The van der Waals surface area contributed by atoms with Crippen LogP contribution in [0.2, 0.25) is 0 Å². The summed E-state index contributed by atoms with van der Waals surface area (Å²) in [6.45, 7) is 4.07. The monoisotopic (exact) mass is 267 g/mol. The van der Waals surface area contributed by atoms with E-state index < -0.39 is 0 Å². The minimum Gasteiger partial charge on any atom is -0.495 e. The largest absolute Gasteiger partial charge is 0.495 e. The number of methoxy groups -OCH3 is 1. The molecule has 0 saturated carbocycles. The van der Waals surface area contributed by atoms with Crippen LogP contribution in [0.5, 0.6) is 5.75 Å². The summed E-state index contributed by atoms with van der Waals surface area (Å²) < 4.78 is 5.38. The fourth-order valence-corrected chi connectivity index (χ4v) is 1.94. The quantitative estimate of drug-likeness (QED) is 0.835. The van der Waals surface area contributed by atoms with E-state index >= 15 is 0 Å². The summed E-state index contributed by atoms with van der Waals surface area (Å²) in [5.74, 6) is 0.745. The molecular weight excluding hydrogens is 250 g/mol. The highest BCUT2D eigenvalue weighted by Gasteiger charge is 2.08. The van der Waals surface area contributed by atoms with Gasteiger partial charge in [0.25, 0.3) is 0 Å². The Morgan fingerprint density at radius 1 is 1.10 bits per heavy atom. The first-order valence-corrected chi connectivity index (χ1v) is 6.27. The maximum absolute atomic E-state index is 8.96. The smallest absolute Gasteiger partial charge is 0.142 e. The summed E-state index contributed by atoms with van der Waals surface area (Å²) in [6, 6.07) is 11.2. The van der Waals surface area contributed by atoms with Gasteiger partial charge in [0.15, 0.2) is 0 Å². The van der Waals surface area contributed by atoms with Gasteiger partial charge in [0, 0.05) is 0 Å². The second-order valence-corrected chi connectivity index (χ2v) is 4.68. The number of aryl methyl sites for hydroxylation is 2. The molecule has 3 N–H and O–H groups in total. The van der Waals surface area contributed by atoms with Crippen LogP contribution < -0.4 is 15.8 Å². The first kappa shape index (κ1) is 13.8. The van der Waals surface area contributed by atoms with Crippen molar-refractivity contribution < 1.29 is 4.74 Å². The van der Waals surface area contributed by atoms with Gasteiger partial charge in [0.05, 0.1) is 35.8 Å². The topological polar surface area (TPSA) is 71.1 Å². The predicted molar refractivity (Wildman–Crippen MR) is 81.3 cm³/mol. The molecule has 2 aromatic carbocycles. The van der Waals surface area contributed by atoms with E-state index in [-0.39, 0.29) is 0 Å². The van der Waals surface area contributed by atoms with E-state index in [0.717, 1.165) is 22.6 Å². The highest BCUT2D eigenvalue weighted by atomic mass is 16.5. The molecule has 0 saturated heterocycles. The summed E-state index contributed by atoms with van der Waals surface area (Å²) in [4.78, 5) is 0. The maximum atomic E-state index is 8.96. The molecule has 2 aromatic rings. The number of nitrogens with zero attached hydrogens (tertiary/aromatic N) is 1. The third-order valence-corrected chi connectivity index (χ3v) is 3.27. The van der Waals surface area contributed by atoms with Crippen LogP contribution >= 0.6 is 0 Å². The van der Waals surface area contributed by atoms with Gasteiger partial charge in [-0.05, 0) is 55.3 Å². The zero-order chi connectivity index (χ0) is 14.7. The SMILES string of the molecule is COc1cc(C)c(C)cc1Nc1cc(C#N)ccc1N. The average Bonchev–Trinajstić information content (AvgIpc) is 2.44. The summed E-state index contributed by atoms with van der Waals surface area (Å²) in [6.07, 6.45) is 0. The van der Waals surface area contributed by atoms with E-state index in [4.69, 9.17) is 15.7 Å². The van der Waals surface area contributed by atoms with E-state index in [9.17, 15) is 0 Å². The van der Waals surface area contributed by atoms with Crippen LogP contribution in [-0.2, 0) is 0 Å². The minimum atomic E-state index is 0.560. The number of nitriles is 1. The number of ether oxygens (including phenoxy) is 1. The molecule has 0 unspecified atom stereocenters. The Morgan fingerprint density at radius 2 is 1.80 bits per heavy atom. The Bertz CT molecular complexity index is 687. The molecule has 20 heavy (non-hydrogen) atoms. The molecule has 4 nitrogen and oxygen atoms in total. The fraction of sp³-hybridized carbons (Fsp3) is 0.188. The lowest BCUT2D eigenvalue weighted by Gasteiger charge is -2.15. The second-order valence-electron chi connectivity index (χ2n) is 4.68. The van der Waals surface area contributed by atoms with Gasteiger partial charge < -0.3 is 15.8 Å². The lowest BCUT2D eigenvalue weighted by molar-refractivity contribution is 0.416. The molecule has 0 aliphatic heterocycles. The van der Waals surface area contributed by atoms with Crippen LogP contribution in [0.25, 0.3) is 0 Å². The number of rotatable bonds is 3. The van der Waals surface area contributed by atoms with E-state index in [1.807, 2.05) is 26.0 Å². The van der Waals surface area contributed by atoms with Gasteiger partial charge in [-0.2, -0.15) is 5.26 Å². The van der Waals surface area contributed by atoms with E-state index in [1.54, 1.807) is 25.3 Å². The Labute approximate surface area is 118 Å². The summed E-state index contributed by atoms with van der Waals surface area (Å²) in [5, 5.41) is 12.2. The molecule has 0 aliphatic rings. The van der Waals surface area contributed by atoms with E-state index in [2.05, 4.69) is 11.4 Å². The molecule has 4 heteroatoms. The highest BCUT2D eigenvalue weighted by Crippen LogP contribution is 2.32. The fourth-order valence-electron chi connectivity index (χ4n) is 1.94. The molecule has 0 fully saturated rings. The highest BCUT2D eigenvalue weighted by molar-refractivity contribution is 5.77. The molecular formula is C16H17N3O. The Kier molecular flexibility index (Phi) is 3.81. The Hall–Kier alpha value is -2.67. The minimum absolute atomic E-state index is 0.560. The van der Waals surface area contributed by atoms with Gasteiger partial charge >= 0.3 is 0 Å². The van der Waals surface area contributed by atoms with Crippen LogP contribution in [0.4, 0.5) is 17.1 Å². The number of nitrogen functional groups attached to an aromatic ring is 1. The number of benzene rings is 2. The van der Waals surface area contributed by atoms with Crippen LogP contribution in [0.15, 0.2) is 30.3 Å². The first-order valence-electron chi connectivity index (χ1n) is 6.27. The second kappa shape index (κ2) is 5.54. The van der Waals surface area contributed by atoms with Crippen molar-refractivity contribution in [1.82, 2.24) is 0 Å². The molecule has 0 heterocycles. The molecule has 0 aliphatic carbocycles. The molecule has 2 rings (SSSR count). The average molecular weight is 267 g/mol. The lowest BCUT2D eigenvalue weighted by Crippen LogP contribution is -2.00. The van der Waals surface area contributed by atoms with Crippen molar-refractivity contribution in [3.05, 3.63) is 47.0 Å². The normalized spacial score (nSPS) is 9.90. The number of hydrogen-bond donors (Lipinski definition) is 2. The van der Waals surface area contributed by atoms with Crippen molar-refractivity contribution in [2.75, 3.05) is 18.2 Å². The van der Waals surface area contributed by atoms with Crippen LogP contribution in [0.1, 0.15) is 16.7 Å². The Balaban J connectivity index is 2.44. The molecule has 0 bridgehead atoms. The summed E-state index contributed by atoms with van der Waals surface area (Å²) >= 11 is 0. The van der Waals surface area contributed by atoms with Crippen molar-refractivity contribution in [2.24, 2.45) is 0 Å². The molecule has 0 atom stereocenters. The van der Waals surface area contributed by atoms with Crippen molar-refractivity contribution >= 4 is 17.1 Å². The first-order chi connectivity index (χ1) is 9.55. The van der Waals surface area contributed by atoms with Crippen molar-refractivity contribution in [1.29, 1.82) is 5.26 Å². The van der Waals surface area contributed by atoms with Crippen molar-refractivity contribution in [3.63, 3.8) is 0 Å². The van der Waals surface area contributed by atoms with Crippen LogP contribution in [0, 0.1) is 25.2 Å². The van der Waals surface area contributed by atoms with E-state index in [0.29, 0.717) is 16.9 Å². The Morgan fingerprint density at radius 3 is 2.45 bits per heavy atom. The zero-order valence-electron chi connectivity index (χ0n) is 11.8. The zero-order valence-corrected chi connectivity index (χ0v) is 11.8. The molecule has 0 spiro atoms. The number of anilines is 3.